The summed E-state index contributed by atoms with van der Waals surface area (Å²) in [6.45, 7) is 0.425. The van der Waals surface area contributed by atoms with Gasteiger partial charge in [-0.1, -0.05) is 15.9 Å². The molecule has 0 bridgehead atoms. The number of nitrogens with zero attached hydrogens (tertiary/aromatic N) is 3. The molecule has 0 aliphatic rings. The lowest BCUT2D eigenvalue weighted by Crippen LogP contribution is -2.17. The van der Waals surface area contributed by atoms with Crippen LogP contribution in [0.2, 0.25) is 0 Å². The van der Waals surface area contributed by atoms with Gasteiger partial charge in [0.05, 0.1) is 0 Å². The predicted octanol–water partition coefficient (Wildman–Crippen LogP) is 1.24. The molecule has 0 aliphatic carbocycles. The van der Waals surface area contributed by atoms with Crippen LogP contribution >= 0.6 is 15.9 Å². The van der Waals surface area contributed by atoms with Crippen molar-refractivity contribution < 1.29 is 14.3 Å². The van der Waals surface area contributed by atoms with Crippen molar-refractivity contribution in [1.82, 2.24) is 14.8 Å². The van der Waals surface area contributed by atoms with E-state index in [1.54, 1.807) is 0 Å². The van der Waals surface area contributed by atoms with E-state index in [0.29, 0.717) is 5.75 Å². The van der Waals surface area contributed by atoms with Crippen LogP contribution in [0.25, 0.3) is 0 Å². The molecule has 7 nitrogen and oxygen atoms in total. The van der Waals surface area contributed by atoms with Crippen LogP contribution in [0.1, 0.15) is 0 Å². The number of hydrogen-bond donors (Lipinski definition) is 1. The highest BCUT2D eigenvalue weighted by Gasteiger charge is 2.06. The molecule has 2 rings (SSSR count). The van der Waals surface area contributed by atoms with E-state index < -0.39 is 5.97 Å². The fraction of sp³-hybridized carbons (Fsp3) is 0.250. The molecule has 0 saturated carbocycles. The van der Waals surface area contributed by atoms with Crippen LogP contribution in [0.3, 0.4) is 0 Å². The number of nitrogens with two attached hydrogens (primary N) is 1. The molecule has 20 heavy (non-hydrogen) atoms. The first-order chi connectivity index (χ1) is 9.63. The largest absolute Gasteiger partial charge is 0.490 e. The number of rotatable bonds is 6. The first-order valence-corrected chi connectivity index (χ1v) is 6.62. The number of nitrogen functional groups attached to an aromatic ring is 1. The highest BCUT2D eigenvalue weighted by molar-refractivity contribution is 9.10. The second-order valence-electron chi connectivity index (χ2n) is 3.82. The number of ether oxygens (including phenoxy) is 2. The fourth-order valence-electron chi connectivity index (χ4n) is 1.41. The Kier molecular flexibility index (Phi) is 4.94. The van der Waals surface area contributed by atoms with Gasteiger partial charge in [0.2, 0.25) is 5.95 Å². The summed E-state index contributed by atoms with van der Waals surface area (Å²) in [5.74, 6) is 0.416. The van der Waals surface area contributed by atoms with Crippen molar-refractivity contribution in [3.05, 3.63) is 35.1 Å². The van der Waals surface area contributed by atoms with E-state index in [2.05, 4.69) is 26.0 Å². The number of carbonyl (C=O) groups excluding carboxylic acids is 1. The normalized spacial score (nSPS) is 10.2. The van der Waals surface area contributed by atoms with Crippen LogP contribution in [0.5, 0.6) is 5.75 Å². The number of halogens is 1. The molecule has 1 aromatic carbocycles. The molecule has 0 unspecified atom stereocenters. The van der Waals surface area contributed by atoms with E-state index in [1.165, 1.54) is 11.0 Å². The maximum absolute atomic E-state index is 11.5. The van der Waals surface area contributed by atoms with Gasteiger partial charge >= 0.3 is 5.97 Å². The van der Waals surface area contributed by atoms with Gasteiger partial charge in [-0.25, -0.2) is 9.67 Å². The van der Waals surface area contributed by atoms with Gasteiger partial charge in [0.1, 0.15) is 31.8 Å². The minimum absolute atomic E-state index is 0.0253. The van der Waals surface area contributed by atoms with Crippen molar-refractivity contribution in [2.45, 2.75) is 6.54 Å². The Morgan fingerprint density at radius 1 is 1.30 bits per heavy atom. The van der Waals surface area contributed by atoms with Gasteiger partial charge in [0, 0.05) is 4.47 Å². The smallest absolute Gasteiger partial charge is 0.327 e. The van der Waals surface area contributed by atoms with E-state index in [0.717, 1.165) is 4.47 Å². The van der Waals surface area contributed by atoms with Crippen molar-refractivity contribution in [2.75, 3.05) is 18.9 Å². The summed E-state index contributed by atoms with van der Waals surface area (Å²) in [5, 5.41) is 3.78. The molecule has 0 fully saturated rings. The average molecular weight is 341 g/mol. The topological polar surface area (TPSA) is 92.3 Å². The minimum Gasteiger partial charge on any atom is -0.490 e. The molecule has 0 amide bonds. The molecule has 0 spiro atoms. The molecule has 8 heteroatoms. The van der Waals surface area contributed by atoms with Crippen molar-refractivity contribution in [1.29, 1.82) is 0 Å². The third-order valence-corrected chi connectivity index (χ3v) is 2.80. The van der Waals surface area contributed by atoms with Gasteiger partial charge in [0.15, 0.2) is 0 Å². The standard InChI is InChI=1S/C12H13BrN4O3/c13-9-1-3-10(4-2-9)19-5-6-20-11(18)7-17-8-15-12(14)16-17/h1-4,8H,5-7H2,(H2,14,16). The van der Waals surface area contributed by atoms with E-state index in [1.807, 2.05) is 24.3 Å². The lowest BCUT2D eigenvalue weighted by atomic mass is 10.3. The van der Waals surface area contributed by atoms with Crippen LogP contribution in [-0.2, 0) is 16.1 Å². The van der Waals surface area contributed by atoms with Gasteiger partial charge < -0.3 is 15.2 Å². The molecule has 0 radical (unpaired) electrons. The highest BCUT2D eigenvalue weighted by Crippen LogP contribution is 2.15. The van der Waals surface area contributed by atoms with E-state index in [9.17, 15) is 4.79 Å². The fourth-order valence-corrected chi connectivity index (χ4v) is 1.67. The molecule has 2 aromatic rings. The quantitative estimate of drug-likeness (QED) is 0.628. The number of benzene rings is 1. The number of carbonyl (C=O) groups is 1. The average Bonchev–Trinajstić information content (AvgIpc) is 2.82. The van der Waals surface area contributed by atoms with Crippen LogP contribution in [0.4, 0.5) is 5.95 Å². The second kappa shape index (κ2) is 6.90. The zero-order valence-electron chi connectivity index (χ0n) is 10.5. The molecule has 0 atom stereocenters. The SMILES string of the molecule is Nc1ncn(CC(=O)OCCOc2ccc(Br)cc2)n1. The Hall–Kier alpha value is -2.09. The van der Waals surface area contributed by atoms with Gasteiger partial charge in [0.25, 0.3) is 0 Å². The molecule has 0 aliphatic heterocycles. The van der Waals surface area contributed by atoms with Crippen LogP contribution < -0.4 is 10.5 Å². The summed E-state index contributed by atoms with van der Waals surface area (Å²) in [6.07, 6.45) is 1.37. The maximum atomic E-state index is 11.5. The van der Waals surface area contributed by atoms with Crippen molar-refractivity contribution in [3.63, 3.8) is 0 Å². The third-order valence-electron chi connectivity index (χ3n) is 2.27. The van der Waals surface area contributed by atoms with Crippen molar-refractivity contribution in [2.24, 2.45) is 0 Å². The predicted molar refractivity (Wildman–Crippen MR) is 75.0 cm³/mol. The molecule has 2 N–H and O–H groups in total. The van der Waals surface area contributed by atoms with E-state index >= 15 is 0 Å². The highest BCUT2D eigenvalue weighted by atomic mass is 79.9. The summed E-state index contributed by atoms with van der Waals surface area (Å²) in [7, 11) is 0. The molecule has 0 saturated heterocycles. The van der Waals surface area contributed by atoms with Crippen LogP contribution in [-0.4, -0.2) is 33.9 Å². The van der Waals surface area contributed by atoms with E-state index in [-0.39, 0.29) is 25.7 Å². The number of anilines is 1. The van der Waals surface area contributed by atoms with Gasteiger partial charge in [-0.2, -0.15) is 0 Å². The van der Waals surface area contributed by atoms with Gasteiger partial charge in [-0.05, 0) is 24.3 Å². The lowest BCUT2D eigenvalue weighted by Gasteiger charge is -2.07. The van der Waals surface area contributed by atoms with Crippen LogP contribution in [0, 0.1) is 0 Å². The molecule has 1 heterocycles. The summed E-state index contributed by atoms with van der Waals surface area (Å²) < 4.78 is 12.7. The second-order valence-corrected chi connectivity index (χ2v) is 4.74. The monoisotopic (exact) mass is 340 g/mol. The van der Waals surface area contributed by atoms with Crippen LogP contribution in [0.15, 0.2) is 35.1 Å². The van der Waals surface area contributed by atoms with Crippen molar-refractivity contribution >= 4 is 27.8 Å². The van der Waals surface area contributed by atoms with Gasteiger partial charge in [-0.15, -0.1) is 5.10 Å². The number of esters is 1. The maximum Gasteiger partial charge on any atom is 0.327 e. The van der Waals surface area contributed by atoms with E-state index in [4.69, 9.17) is 15.2 Å². The van der Waals surface area contributed by atoms with Gasteiger partial charge in [-0.3, -0.25) is 4.79 Å². The molecular weight excluding hydrogens is 328 g/mol. The first kappa shape index (κ1) is 14.3. The number of aromatic nitrogens is 3. The summed E-state index contributed by atoms with van der Waals surface area (Å²) in [4.78, 5) is 15.2. The number of hydrogen-bond acceptors (Lipinski definition) is 6. The third kappa shape index (κ3) is 4.54. The summed E-state index contributed by atoms with van der Waals surface area (Å²) in [5.41, 5.74) is 5.33. The Labute approximate surface area is 123 Å². The Morgan fingerprint density at radius 2 is 2.05 bits per heavy atom. The van der Waals surface area contributed by atoms with Crippen molar-refractivity contribution in [3.8, 4) is 5.75 Å². The molecule has 1 aromatic heterocycles. The lowest BCUT2D eigenvalue weighted by molar-refractivity contribution is -0.145. The minimum atomic E-state index is -0.422. The zero-order chi connectivity index (χ0) is 14.4. The Balaban J connectivity index is 1.65. The summed E-state index contributed by atoms with van der Waals surface area (Å²) in [6, 6.07) is 7.39. The Morgan fingerprint density at radius 3 is 2.70 bits per heavy atom. The Bertz CT molecular complexity index is 570. The summed E-state index contributed by atoms with van der Waals surface area (Å²) >= 11 is 3.33. The first-order valence-electron chi connectivity index (χ1n) is 5.82. The molecule has 106 valence electrons. The zero-order valence-corrected chi connectivity index (χ0v) is 12.1. The molecular formula is C12H13BrN4O3.